The highest BCUT2D eigenvalue weighted by molar-refractivity contribution is 7.51. The summed E-state index contributed by atoms with van der Waals surface area (Å²) in [6.45, 7) is 1.06. The van der Waals surface area contributed by atoms with E-state index in [1.807, 2.05) is 12.1 Å². The van der Waals surface area contributed by atoms with E-state index in [4.69, 9.17) is 9.63 Å². The van der Waals surface area contributed by atoms with Crippen molar-refractivity contribution in [3.05, 3.63) is 42.7 Å². The van der Waals surface area contributed by atoms with Gasteiger partial charge in [0.2, 0.25) is 0 Å². The Hall–Kier alpha value is -2.51. The molecule has 1 aliphatic rings. The molecule has 1 fully saturated rings. The number of imidazole rings is 1. The van der Waals surface area contributed by atoms with E-state index in [0.29, 0.717) is 23.5 Å². The topological polar surface area (TPSA) is 174 Å². The zero-order valence-electron chi connectivity index (χ0n) is 16.3. The van der Waals surface area contributed by atoms with Gasteiger partial charge < -0.3 is 25.2 Å². The highest BCUT2D eigenvalue weighted by Gasteiger charge is 2.44. The predicted octanol–water partition coefficient (Wildman–Crippen LogP) is 0.216. The number of anilines is 1. The van der Waals surface area contributed by atoms with E-state index in [9.17, 15) is 14.8 Å². The summed E-state index contributed by atoms with van der Waals surface area (Å²) >= 11 is 0. The Balaban J connectivity index is 1.50. The number of pyridine rings is 1. The maximum absolute atomic E-state index is 11.1. The summed E-state index contributed by atoms with van der Waals surface area (Å²) in [5.74, 6) is 0.482. The van der Waals surface area contributed by atoms with E-state index in [0.717, 1.165) is 12.2 Å². The van der Waals surface area contributed by atoms with Gasteiger partial charge in [0.1, 0.15) is 31.2 Å². The number of aliphatic hydroxyl groups excluding tert-OH is 2. The maximum Gasteiger partial charge on any atom is 0.352 e. The molecule has 0 radical (unpaired) electrons. The molecular formula is C17H21N6O7P. The average Bonchev–Trinajstić information content (AvgIpc) is 3.29. The third-order valence-corrected chi connectivity index (χ3v) is 4.96. The van der Waals surface area contributed by atoms with Crippen molar-refractivity contribution in [2.45, 2.75) is 31.1 Å². The zero-order chi connectivity index (χ0) is 22.0. The lowest BCUT2D eigenvalue weighted by Gasteiger charge is -2.16. The first-order valence-electron chi connectivity index (χ1n) is 9.27. The van der Waals surface area contributed by atoms with Crippen LogP contribution in [0.25, 0.3) is 11.2 Å². The molecule has 166 valence electrons. The number of aliphatic hydroxyl groups is 2. The van der Waals surface area contributed by atoms with Crippen LogP contribution in [-0.4, -0.2) is 71.2 Å². The summed E-state index contributed by atoms with van der Waals surface area (Å²) in [4.78, 5) is 30.6. The van der Waals surface area contributed by atoms with Crippen LogP contribution in [0.15, 0.2) is 37.2 Å². The molecule has 3 aromatic rings. The summed E-state index contributed by atoms with van der Waals surface area (Å²) < 4.78 is 22.6. The molecule has 0 aliphatic carbocycles. The van der Waals surface area contributed by atoms with Crippen LogP contribution in [0.4, 0.5) is 5.82 Å². The largest absolute Gasteiger partial charge is 0.387 e. The summed E-state index contributed by atoms with van der Waals surface area (Å²) in [5, 5.41) is 23.9. The van der Waals surface area contributed by atoms with Crippen molar-refractivity contribution in [1.29, 1.82) is 0 Å². The van der Waals surface area contributed by atoms with Gasteiger partial charge in [0.15, 0.2) is 23.2 Å². The molecule has 1 unspecified atom stereocenters. The Bertz CT molecular complexity index is 1080. The van der Waals surface area contributed by atoms with Gasteiger partial charge in [-0.2, -0.15) is 0 Å². The van der Waals surface area contributed by atoms with Gasteiger partial charge in [-0.15, -0.1) is 4.67 Å². The minimum Gasteiger partial charge on any atom is -0.387 e. The van der Waals surface area contributed by atoms with Crippen LogP contribution in [0, 0.1) is 0 Å². The fraction of sp³-hybridized carbons (Fsp3) is 0.412. The van der Waals surface area contributed by atoms with Crippen LogP contribution in [0.5, 0.6) is 0 Å². The van der Waals surface area contributed by atoms with Gasteiger partial charge in [-0.1, -0.05) is 6.07 Å². The van der Waals surface area contributed by atoms with E-state index in [1.165, 1.54) is 17.2 Å². The molecule has 31 heavy (non-hydrogen) atoms. The van der Waals surface area contributed by atoms with Crippen LogP contribution < -0.4 is 5.32 Å². The summed E-state index contributed by atoms with van der Waals surface area (Å²) in [7, 11) is -3.85. The molecule has 0 saturated carbocycles. The van der Waals surface area contributed by atoms with E-state index in [-0.39, 0.29) is 6.61 Å². The molecule has 3 aromatic heterocycles. The van der Waals surface area contributed by atoms with Crippen LogP contribution in [0.1, 0.15) is 11.8 Å². The van der Waals surface area contributed by atoms with Gasteiger partial charge >= 0.3 is 7.60 Å². The molecule has 1 aliphatic heterocycles. The Morgan fingerprint density at radius 2 is 2.13 bits per heavy atom. The van der Waals surface area contributed by atoms with Crippen LogP contribution >= 0.6 is 7.60 Å². The molecule has 0 bridgehead atoms. The number of nitrogens with zero attached hydrogens (tertiary/aromatic N) is 5. The molecule has 0 aromatic carbocycles. The number of fused-ring (bicyclic) bond motifs is 1. The van der Waals surface area contributed by atoms with E-state index >= 15 is 0 Å². The van der Waals surface area contributed by atoms with Crippen LogP contribution in [0.3, 0.4) is 0 Å². The van der Waals surface area contributed by atoms with Gasteiger partial charge in [0.25, 0.3) is 0 Å². The summed E-state index contributed by atoms with van der Waals surface area (Å²) in [5.41, 5.74) is 1.79. The first-order chi connectivity index (χ1) is 14.8. The smallest absolute Gasteiger partial charge is 0.352 e. The van der Waals surface area contributed by atoms with Gasteiger partial charge in [-0.05, 0) is 11.6 Å². The normalized spacial score (nSPS) is 25.5. The minimum atomic E-state index is -3.85. The number of ether oxygens (including phenoxy) is 1. The van der Waals surface area contributed by atoms with Gasteiger partial charge in [-0.3, -0.25) is 14.1 Å². The second-order valence-corrected chi connectivity index (χ2v) is 8.72. The molecule has 13 nitrogen and oxygen atoms in total. The lowest BCUT2D eigenvalue weighted by Crippen LogP contribution is -2.33. The lowest BCUT2D eigenvalue weighted by atomic mass is 10.1. The molecule has 0 spiro atoms. The van der Waals surface area contributed by atoms with Crippen molar-refractivity contribution < 1.29 is 34.0 Å². The van der Waals surface area contributed by atoms with Crippen LogP contribution in [-0.2, 0) is 25.4 Å². The number of nitrogens with one attached hydrogen (secondary N) is 1. The molecule has 4 heterocycles. The molecular weight excluding hydrogens is 431 g/mol. The first-order valence-corrected chi connectivity index (χ1v) is 11.3. The molecule has 1 saturated heterocycles. The highest BCUT2D eigenvalue weighted by atomic mass is 31.2. The fourth-order valence-corrected chi connectivity index (χ4v) is 3.40. The predicted molar refractivity (Wildman–Crippen MR) is 106 cm³/mol. The fourth-order valence-electron chi connectivity index (χ4n) is 3.15. The Kier molecular flexibility index (Phi) is 6.25. The maximum atomic E-state index is 11.1. The molecule has 4 N–H and O–H groups in total. The first kappa shape index (κ1) is 21.7. The monoisotopic (exact) mass is 452 g/mol. The van der Waals surface area contributed by atoms with Crippen molar-refractivity contribution in [2.75, 3.05) is 18.6 Å². The van der Waals surface area contributed by atoms with E-state index in [2.05, 4.69) is 34.8 Å². The van der Waals surface area contributed by atoms with Gasteiger partial charge in [0, 0.05) is 25.6 Å². The summed E-state index contributed by atoms with van der Waals surface area (Å²) in [6, 6.07) is 3.75. The Morgan fingerprint density at radius 3 is 2.87 bits per heavy atom. The number of hydrogen-bond donors (Lipinski definition) is 4. The van der Waals surface area contributed by atoms with Gasteiger partial charge in [-0.25, -0.2) is 19.8 Å². The summed E-state index contributed by atoms with van der Waals surface area (Å²) in [6.07, 6.45) is 1.51. The molecule has 5 atom stereocenters. The standard InChI is InChI=1S/C17H21N6O7P/c1-31(26,27)30-28-7-11-13(24)14(25)17(29-11)23-9-22-12-15(20-8-21-16(12)23)19-6-10-3-2-4-18-5-10/h2-5,8-9,11,13-14,17,24-25H,6-7H2,1H3,(H,26,27)(H,19,20,21)/t11-,13-,14-,17-/m1/s1. The average molecular weight is 452 g/mol. The van der Waals surface area contributed by atoms with Gasteiger partial charge in [0.05, 0.1) is 6.33 Å². The lowest BCUT2D eigenvalue weighted by molar-refractivity contribution is -0.238. The molecule has 14 heteroatoms. The van der Waals surface area contributed by atoms with Crippen LogP contribution in [0.2, 0.25) is 0 Å². The third-order valence-electron chi connectivity index (χ3n) is 4.58. The Morgan fingerprint density at radius 1 is 1.29 bits per heavy atom. The van der Waals surface area contributed by atoms with E-state index in [1.54, 1.807) is 12.4 Å². The van der Waals surface area contributed by atoms with Crippen molar-refractivity contribution in [3.8, 4) is 0 Å². The number of aromatic nitrogens is 5. The van der Waals surface area contributed by atoms with Crippen molar-refractivity contribution >= 4 is 24.6 Å². The highest BCUT2D eigenvalue weighted by Crippen LogP contribution is 2.38. The Labute approximate surface area is 176 Å². The SMILES string of the molecule is CP(=O)(O)OOC[C@H]1O[C@@H](n2cnc3c(NCc4cccnc4)ncnc32)[C@H](O)[C@@H]1O. The number of rotatable bonds is 8. The number of hydrogen-bond acceptors (Lipinski definition) is 11. The van der Waals surface area contributed by atoms with Crippen molar-refractivity contribution in [1.82, 2.24) is 24.5 Å². The van der Waals surface area contributed by atoms with Crippen molar-refractivity contribution in [2.24, 2.45) is 0 Å². The quantitative estimate of drug-likeness (QED) is 0.208. The molecule has 4 rings (SSSR count). The third kappa shape index (κ3) is 4.88. The second-order valence-electron chi connectivity index (χ2n) is 6.97. The minimum absolute atomic E-state index is 0.368. The van der Waals surface area contributed by atoms with E-state index < -0.39 is 32.1 Å². The second kappa shape index (κ2) is 8.93. The van der Waals surface area contributed by atoms with Crippen molar-refractivity contribution in [3.63, 3.8) is 0 Å². The molecule has 0 amide bonds. The zero-order valence-corrected chi connectivity index (χ0v) is 17.2.